The van der Waals surface area contributed by atoms with Crippen molar-refractivity contribution in [1.29, 1.82) is 0 Å². The van der Waals surface area contributed by atoms with E-state index in [0.717, 1.165) is 35.9 Å². The van der Waals surface area contributed by atoms with Crippen molar-refractivity contribution in [3.8, 4) is 5.75 Å². The molecule has 0 fully saturated rings. The Labute approximate surface area is 167 Å². The van der Waals surface area contributed by atoms with Gasteiger partial charge in [0.05, 0.1) is 13.1 Å². The maximum atomic E-state index is 11.8. The van der Waals surface area contributed by atoms with Crippen LogP contribution in [0.3, 0.4) is 0 Å². The molecule has 3 N–H and O–H groups in total. The summed E-state index contributed by atoms with van der Waals surface area (Å²) in [6, 6.07) is 17.5. The Balaban J connectivity index is 1.84. The summed E-state index contributed by atoms with van der Waals surface area (Å²) in [5.74, 6) is 1.63. The minimum Gasteiger partial charge on any atom is -0.492 e. The van der Waals surface area contributed by atoms with Crippen LogP contribution in [0.25, 0.3) is 0 Å². The molecule has 2 aromatic rings. The first-order valence-electron chi connectivity index (χ1n) is 9.80. The van der Waals surface area contributed by atoms with Crippen molar-refractivity contribution in [1.82, 2.24) is 10.6 Å². The molecule has 150 valence electrons. The highest BCUT2D eigenvalue weighted by atomic mass is 16.5. The second-order valence-corrected chi connectivity index (χ2v) is 6.28. The number of guanidine groups is 1. The number of amides is 1. The van der Waals surface area contributed by atoms with E-state index in [9.17, 15) is 4.79 Å². The number of ether oxygens (including phenoxy) is 1. The van der Waals surface area contributed by atoms with Gasteiger partial charge in [0, 0.05) is 18.7 Å². The highest BCUT2D eigenvalue weighted by Gasteiger charge is 2.02. The van der Waals surface area contributed by atoms with Crippen molar-refractivity contribution in [2.75, 3.05) is 25.0 Å². The number of benzene rings is 2. The minimum absolute atomic E-state index is 0.0385. The summed E-state index contributed by atoms with van der Waals surface area (Å²) >= 11 is 0. The van der Waals surface area contributed by atoms with E-state index in [4.69, 9.17) is 4.74 Å². The summed E-state index contributed by atoms with van der Waals surface area (Å²) in [6.07, 6.45) is 1.36. The first kappa shape index (κ1) is 21.3. The van der Waals surface area contributed by atoms with Crippen molar-refractivity contribution in [3.05, 3.63) is 60.2 Å². The third-order valence-electron chi connectivity index (χ3n) is 3.86. The van der Waals surface area contributed by atoms with Gasteiger partial charge in [-0.3, -0.25) is 4.79 Å². The van der Waals surface area contributed by atoms with Gasteiger partial charge in [-0.1, -0.05) is 37.3 Å². The number of anilines is 1. The largest absolute Gasteiger partial charge is 0.492 e. The lowest BCUT2D eigenvalue weighted by molar-refractivity contribution is -0.116. The van der Waals surface area contributed by atoms with Crippen molar-refractivity contribution < 1.29 is 9.53 Å². The van der Waals surface area contributed by atoms with Gasteiger partial charge >= 0.3 is 0 Å². The Bertz CT molecular complexity index is 747. The van der Waals surface area contributed by atoms with Crippen LogP contribution in [0.2, 0.25) is 0 Å². The molecule has 0 atom stereocenters. The van der Waals surface area contributed by atoms with Gasteiger partial charge in [0.25, 0.3) is 0 Å². The van der Waals surface area contributed by atoms with Crippen LogP contribution in [0.5, 0.6) is 5.75 Å². The highest BCUT2D eigenvalue weighted by molar-refractivity contribution is 5.90. The van der Waals surface area contributed by atoms with Crippen LogP contribution in [0.4, 0.5) is 5.69 Å². The molecular formula is C22H30N4O2. The van der Waals surface area contributed by atoms with Crippen molar-refractivity contribution >= 4 is 17.6 Å². The van der Waals surface area contributed by atoms with E-state index in [2.05, 4.69) is 20.9 Å². The summed E-state index contributed by atoms with van der Waals surface area (Å²) < 4.78 is 5.68. The molecule has 0 heterocycles. The zero-order valence-corrected chi connectivity index (χ0v) is 16.7. The van der Waals surface area contributed by atoms with Gasteiger partial charge in [0.1, 0.15) is 12.4 Å². The Morgan fingerprint density at radius 1 is 1.04 bits per heavy atom. The van der Waals surface area contributed by atoms with Gasteiger partial charge in [-0.05, 0) is 43.2 Å². The maximum absolute atomic E-state index is 11.8. The molecule has 28 heavy (non-hydrogen) atoms. The van der Waals surface area contributed by atoms with Gasteiger partial charge in [-0.25, -0.2) is 4.99 Å². The number of hydrogen-bond donors (Lipinski definition) is 3. The van der Waals surface area contributed by atoms with E-state index >= 15 is 0 Å². The van der Waals surface area contributed by atoms with E-state index in [-0.39, 0.29) is 5.91 Å². The lowest BCUT2D eigenvalue weighted by atomic mass is 10.2. The molecule has 0 spiro atoms. The second-order valence-electron chi connectivity index (χ2n) is 6.28. The average Bonchev–Trinajstić information content (AvgIpc) is 2.70. The molecule has 6 heteroatoms. The number of rotatable bonds is 10. The van der Waals surface area contributed by atoms with Crippen molar-refractivity contribution in [2.45, 2.75) is 33.2 Å². The molecule has 0 saturated heterocycles. The van der Waals surface area contributed by atoms with Crippen molar-refractivity contribution in [2.24, 2.45) is 4.99 Å². The monoisotopic (exact) mass is 382 g/mol. The van der Waals surface area contributed by atoms with E-state index in [0.29, 0.717) is 26.1 Å². The molecular weight excluding hydrogens is 352 g/mol. The second kappa shape index (κ2) is 12.4. The zero-order chi connectivity index (χ0) is 20.0. The fourth-order valence-electron chi connectivity index (χ4n) is 2.57. The maximum Gasteiger partial charge on any atom is 0.224 e. The summed E-state index contributed by atoms with van der Waals surface area (Å²) in [5, 5.41) is 9.42. The molecule has 0 aliphatic carbocycles. The van der Waals surface area contributed by atoms with Crippen molar-refractivity contribution in [3.63, 3.8) is 0 Å². The van der Waals surface area contributed by atoms with Gasteiger partial charge in [-0.15, -0.1) is 0 Å². The number of carbonyl (C=O) groups is 1. The van der Waals surface area contributed by atoms with Crippen LogP contribution in [0.1, 0.15) is 32.3 Å². The Kier molecular flexibility index (Phi) is 9.41. The van der Waals surface area contributed by atoms with Gasteiger partial charge in [0.15, 0.2) is 5.96 Å². The molecule has 0 aromatic heterocycles. The molecule has 1 amide bonds. The smallest absolute Gasteiger partial charge is 0.224 e. The number of carbonyl (C=O) groups excluding carboxylic acids is 1. The molecule has 0 bridgehead atoms. The Hall–Kier alpha value is -3.02. The molecule has 6 nitrogen and oxygen atoms in total. The molecule has 0 radical (unpaired) electrons. The van der Waals surface area contributed by atoms with Crippen LogP contribution in [-0.4, -0.2) is 31.6 Å². The lowest BCUT2D eigenvalue weighted by Gasteiger charge is -2.12. The predicted octanol–water partition coefficient (Wildman–Crippen LogP) is 3.56. The van der Waals surface area contributed by atoms with Gasteiger partial charge in [0.2, 0.25) is 5.91 Å². The fraction of sp³-hybridized carbons (Fsp3) is 0.364. The van der Waals surface area contributed by atoms with E-state index in [1.165, 1.54) is 0 Å². The first-order chi connectivity index (χ1) is 13.7. The van der Waals surface area contributed by atoms with Gasteiger partial charge in [-0.2, -0.15) is 0 Å². The predicted molar refractivity (Wildman–Crippen MR) is 115 cm³/mol. The molecule has 2 rings (SSSR count). The lowest BCUT2D eigenvalue weighted by Crippen LogP contribution is -2.39. The standard InChI is InChI=1S/C22H30N4O2/c1-3-9-21(27)26-19-11-8-10-18(16-19)17-25-22(23-4-2)24-14-15-28-20-12-6-5-7-13-20/h5-8,10-13,16H,3-4,9,14-15,17H2,1-2H3,(H,26,27)(H2,23,24,25). The SMILES string of the molecule is CCCC(=O)Nc1cccc(CN=C(NCC)NCCOc2ccccc2)c1. The summed E-state index contributed by atoms with van der Waals surface area (Å²) in [4.78, 5) is 16.4. The third-order valence-corrected chi connectivity index (χ3v) is 3.86. The first-order valence-corrected chi connectivity index (χ1v) is 9.80. The number of para-hydroxylation sites is 1. The normalized spacial score (nSPS) is 11.0. The summed E-state index contributed by atoms with van der Waals surface area (Å²) in [5.41, 5.74) is 1.84. The number of hydrogen-bond acceptors (Lipinski definition) is 3. The highest BCUT2D eigenvalue weighted by Crippen LogP contribution is 2.12. The topological polar surface area (TPSA) is 74.8 Å². The van der Waals surface area contributed by atoms with Crippen LogP contribution in [0.15, 0.2) is 59.6 Å². The minimum atomic E-state index is 0.0385. The number of aliphatic imine (C=N–C) groups is 1. The van der Waals surface area contributed by atoms with Crippen LogP contribution < -0.4 is 20.7 Å². The summed E-state index contributed by atoms with van der Waals surface area (Å²) in [6.45, 7) is 6.51. The van der Waals surface area contributed by atoms with E-state index in [1.54, 1.807) is 0 Å². The summed E-state index contributed by atoms with van der Waals surface area (Å²) in [7, 11) is 0. The third kappa shape index (κ3) is 8.12. The molecule has 0 aliphatic rings. The Morgan fingerprint density at radius 3 is 2.61 bits per heavy atom. The van der Waals surface area contributed by atoms with Gasteiger partial charge < -0.3 is 20.7 Å². The molecule has 2 aromatic carbocycles. The average molecular weight is 383 g/mol. The Morgan fingerprint density at radius 2 is 1.86 bits per heavy atom. The molecule has 0 saturated carbocycles. The quantitative estimate of drug-likeness (QED) is 0.334. The van der Waals surface area contributed by atoms with E-state index in [1.807, 2.05) is 68.4 Å². The molecule has 0 aliphatic heterocycles. The number of nitrogens with zero attached hydrogens (tertiary/aromatic N) is 1. The fourth-order valence-corrected chi connectivity index (χ4v) is 2.57. The van der Waals surface area contributed by atoms with E-state index < -0.39 is 0 Å². The van der Waals surface area contributed by atoms with Crippen LogP contribution in [-0.2, 0) is 11.3 Å². The molecule has 0 unspecified atom stereocenters. The number of nitrogens with one attached hydrogen (secondary N) is 3. The van der Waals surface area contributed by atoms with Crippen LogP contribution >= 0.6 is 0 Å². The zero-order valence-electron chi connectivity index (χ0n) is 16.7. The van der Waals surface area contributed by atoms with Crippen LogP contribution in [0, 0.1) is 0 Å².